The van der Waals surface area contributed by atoms with Crippen molar-refractivity contribution in [3.05, 3.63) is 24.3 Å². The van der Waals surface area contributed by atoms with Crippen LogP contribution in [-0.2, 0) is 10.0 Å². The van der Waals surface area contributed by atoms with Gasteiger partial charge >= 0.3 is 0 Å². The quantitative estimate of drug-likeness (QED) is 0.799. The van der Waals surface area contributed by atoms with Crippen LogP contribution in [0.25, 0.3) is 0 Å². The molecule has 0 amide bonds. The summed E-state index contributed by atoms with van der Waals surface area (Å²) in [5.41, 5.74) is 0. The molecule has 1 aromatic rings. The number of rotatable bonds is 8. The van der Waals surface area contributed by atoms with Crippen LogP contribution in [0.5, 0.6) is 5.75 Å². The normalized spacial score (nSPS) is 12.5. The molecule has 0 fully saturated rings. The van der Waals surface area contributed by atoms with Crippen molar-refractivity contribution in [2.45, 2.75) is 45.4 Å². The number of hydrogen-bond acceptors (Lipinski definition) is 3. The van der Waals surface area contributed by atoms with E-state index in [1.807, 2.05) is 0 Å². The number of aromatic hydroxyl groups is 1. The minimum Gasteiger partial charge on any atom is -0.508 e. The maximum Gasteiger partial charge on any atom is 0.243 e. The van der Waals surface area contributed by atoms with Gasteiger partial charge in [-0.1, -0.05) is 33.8 Å². The van der Waals surface area contributed by atoms with E-state index in [9.17, 15) is 13.5 Å². The Bertz CT molecular complexity index is 526. The second kappa shape index (κ2) is 7.80. The molecule has 0 saturated carbocycles. The molecule has 0 unspecified atom stereocenters. The van der Waals surface area contributed by atoms with E-state index in [1.165, 1.54) is 18.2 Å². The molecule has 0 saturated heterocycles. The molecule has 120 valence electrons. The summed E-state index contributed by atoms with van der Waals surface area (Å²) in [4.78, 5) is 0.162. The topological polar surface area (TPSA) is 57.6 Å². The molecule has 0 aliphatic carbocycles. The first-order valence-corrected chi connectivity index (χ1v) is 8.96. The van der Waals surface area contributed by atoms with Crippen molar-refractivity contribution >= 4 is 10.0 Å². The van der Waals surface area contributed by atoms with Crippen molar-refractivity contribution in [2.75, 3.05) is 13.1 Å². The van der Waals surface area contributed by atoms with Gasteiger partial charge in [0.1, 0.15) is 5.75 Å². The zero-order valence-corrected chi connectivity index (χ0v) is 14.2. The van der Waals surface area contributed by atoms with E-state index in [2.05, 4.69) is 27.7 Å². The van der Waals surface area contributed by atoms with Crippen LogP contribution in [0.15, 0.2) is 29.2 Å². The van der Waals surface area contributed by atoms with Gasteiger partial charge in [0.05, 0.1) is 4.90 Å². The van der Waals surface area contributed by atoms with Gasteiger partial charge in [-0.05, 0) is 42.9 Å². The van der Waals surface area contributed by atoms with Crippen molar-refractivity contribution < 1.29 is 13.5 Å². The molecule has 4 nitrogen and oxygen atoms in total. The molecular formula is C16H27NO3S. The Labute approximate surface area is 128 Å². The summed E-state index contributed by atoms with van der Waals surface area (Å²) < 4.78 is 27.0. The van der Waals surface area contributed by atoms with Crippen molar-refractivity contribution in [1.82, 2.24) is 4.31 Å². The number of phenolic OH excluding ortho intramolecular Hbond substituents is 1. The van der Waals surface area contributed by atoms with Gasteiger partial charge < -0.3 is 5.11 Å². The molecule has 21 heavy (non-hydrogen) atoms. The van der Waals surface area contributed by atoms with Gasteiger partial charge in [-0.2, -0.15) is 4.31 Å². The molecule has 0 aliphatic rings. The van der Waals surface area contributed by atoms with E-state index < -0.39 is 10.0 Å². The van der Waals surface area contributed by atoms with Gasteiger partial charge in [0.2, 0.25) is 10.0 Å². The third kappa shape index (κ3) is 5.67. The largest absolute Gasteiger partial charge is 0.508 e. The minimum atomic E-state index is -3.54. The van der Waals surface area contributed by atoms with Crippen LogP contribution < -0.4 is 0 Å². The highest BCUT2D eigenvalue weighted by Crippen LogP contribution is 2.21. The fourth-order valence-corrected chi connectivity index (χ4v) is 3.46. The molecule has 0 aromatic heterocycles. The zero-order valence-electron chi connectivity index (χ0n) is 13.4. The fourth-order valence-electron chi connectivity index (χ4n) is 1.95. The molecule has 0 atom stereocenters. The molecule has 0 bridgehead atoms. The Morgan fingerprint density at radius 3 is 2.00 bits per heavy atom. The molecule has 0 radical (unpaired) electrons. The predicted octanol–water partition coefficient (Wildman–Crippen LogP) is 3.48. The highest BCUT2D eigenvalue weighted by molar-refractivity contribution is 7.89. The first-order valence-electron chi connectivity index (χ1n) is 7.52. The smallest absolute Gasteiger partial charge is 0.243 e. The van der Waals surface area contributed by atoms with Crippen molar-refractivity contribution in [2.24, 2.45) is 11.8 Å². The lowest BCUT2D eigenvalue weighted by atomic mass is 10.1. The van der Waals surface area contributed by atoms with Crippen molar-refractivity contribution in [3.63, 3.8) is 0 Å². The first-order chi connectivity index (χ1) is 9.73. The maximum absolute atomic E-state index is 12.7. The Hall–Kier alpha value is -1.07. The SMILES string of the molecule is CC(C)CCN(CCC(C)C)S(=O)(=O)c1cccc(O)c1. The standard InChI is InChI=1S/C16H27NO3S/c1-13(2)8-10-17(11-9-14(3)4)21(19,20)16-7-5-6-15(18)12-16/h5-7,12-14,18H,8-11H2,1-4H3. The lowest BCUT2D eigenvalue weighted by molar-refractivity contribution is 0.356. The van der Waals surface area contributed by atoms with Crippen LogP contribution in [0.1, 0.15) is 40.5 Å². The molecule has 1 N–H and O–H groups in total. The monoisotopic (exact) mass is 313 g/mol. The molecule has 0 aliphatic heterocycles. The van der Waals surface area contributed by atoms with Crippen LogP contribution >= 0.6 is 0 Å². The number of sulfonamides is 1. The lowest BCUT2D eigenvalue weighted by Gasteiger charge is -2.24. The van der Waals surface area contributed by atoms with Crippen LogP contribution in [0.3, 0.4) is 0 Å². The van der Waals surface area contributed by atoms with Gasteiger partial charge in [0, 0.05) is 13.1 Å². The predicted molar refractivity (Wildman–Crippen MR) is 85.8 cm³/mol. The Kier molecular flexibility index (Phi) is 6.68. The van der Waals surface area contributed by atoms with E-state index in [0.717, 1.165) is 12.8 Å². The van der Waals surface area contributed by atoms with Gasteiger partial charge in [-0.25, -0.2) is 8.42 Å². The van der Waals surface area contributed by atoms with E-state index in [1.54, 1.807) is 10.4 Å². The zero-order chi connectivity index (χ0) is 16.0. The van der Waals surface area contributed by atoms with Crippen molar-refractivity contribution in [1.29, 1.82) is 0 Å². The summed E-state index contributed by atoms with van der Waals surface area (Å²) in [6, 6.07) is 5.89. The highest BCUT2D eigenvalue weighted by Gasteiger charge is 2.24. The summed E-state index contributed by atoms with van der Waals surface area (Å²) in [5, 5.41) is 9.51. The van der Waals surface area contributed by atoms with E-state index in [0.29, 0.717) is 24.9 Å². The summed E-state index contributed by atoms with van der Waals surface area (Å²) in [5.74, 6) is 0.876. The number of benzene rings is 1. The molecule has 0 heterocycles. The van der Waals surface area contributed by atoms with Gasteiger partial charge in [-0.15, -0.1) is 0 Å². The second-order valence-corrected chi connectivity index (χ2v) is 8.20. The third-order valence-electron chi connectivity index (χ3n) is 3.37. The Morgan fingerprint density at radius 1 is 1.05 bits per heavy atom. The van der Waals surface area contributed by atoms with E-state index in [4.69, 9.17) is 0 Å². The fraction of sp³-hybridized carbons (Fsp3) is 0.625. The number of phenols is 1. The average Bonchev–Trinajstić information content (AvgIpc) is 2.37. The second-order valence-electron chi connectivity index (χ2n) is 6.27. The van der Waals surface area contributed by atoms with Crippen LogP contribution in [0, 0.1) is 11.8 Å². The minimum absolute atomic E-state index is 0.0243. The average molecular weight is 313 g/mol. The van der Waals surface area contributed by atoms with E-state index in [-0.39, 0.29) is 10.6 Å². The molecule has 5 heteroatoms. The van der Waals surface area contributed by atoms with Crippen LogP contribution in [-0.4, -0.2) is 30.9 Å². The van der Waals surface area contributed by atoms with Gasteiger partial charge in [-0.3, -0.25) is 0 Å². The van der Waals surface area contributed by atoms with E-state index >= 15 is 0 Å². The summed E-state index contributed by atoms with van der Waals surface area (Å²) in [7, 11) is -3.54. The first kappa shape index (κ1) is 18.0. The number of hydrogen-bond donors (Lipinski definition) is 1. The molecule has 1 aromatic carbocycles. The Morgan fingerprint density at radius 2 is 1.57 bits per heavy atom. The molecular weight excluding hydrogens is 286 g/mol. The number of nitrogens with zero attached hydrogens (tertiary/aromatic N) is 1. The van der Waals surface area contributed by atoms with Gasteiger partial charge in [0.15, 0.2) is 0 Å². The molecule has 1 rings (SSSR count). The van der Waals surface area contributed by atoms with Crippen LogP contribution in [0.4, 0.5) is 0 Å². The summed E-state index contributed by atoms with van der Waals surface area (Å²) >= 11 is 0. The maximum atomic E-state index is 12.7. The van der Waals surface area contributed by atoms with Gasteiger partial charge in [0.25, 0.3) is 0 Å². The lowest BCUT2D eigenvalue weighted by Crippen LogP contribution is -2.34. The summed E-state index contributed by atoms with van der Waals surface area (Å²) in [6.45, 7) is 9.37. The summed E-state index contributed by atoms with van der Waals surface area (Å²) in [6.07, 6.45) is 1.66. The van der Waals surface area contributed by atoms with Crippen LogP contribution in [0.2, 0.25) is 0 Å². The molecule has 0 spiro atoms. The highest BCUT2D eigenvalue weighted by atomic mass is 32.2. The third-order valence-corrected chi connectivity index (χ3v) is 5.26. The van der Waals surface area contributed by atoms with Crippen molar-refractivity contribution in [3.8, 4) is 5.75 Å². The Balaban J connectivity index is 2.98.